The summed E-state index contributed by atoms with van der Waals surface area (Å²) in [5.41, 5.74) is 6.97. The van der Waals surface area contributed by atoms with E-state index in [4.69, 9.17) is 0 Å². The van der Waals surface area contributed by atoms with Gasteiger partial charge in [0, 0.05) is 35.1 Å². The maximum atomic E-state index is 13.6. The number of aryl methyl sites for hydroxylation is 1. The van der Waals surface area contributed by atoms with Crippen LogP contribution >= 0.6 is 0 Å². The van der Waals surface area contributed by atoms with E-state index in [2.05, 4.69) is 48.3 Å². The van der Waals surface area contributed by atoms with E-state index in [1.807, 2.05) is 41.3 Å². The average Bonchev–Trinajstić information content (AvgIpc) is 3.58. The zero-order valence-electron chi connectivity index (χ0n) is 19.3. The first kappa shape index (κ1) is 20.7. The predicted molar refractivity (Wildman–Crippen MR) is 134 cm³/mol. The van der Waals surface area contributed by atoms with E-state index < -0.39 is 0 Å². The highest BCUT2D eigenvalue weighted by molar-refractivity contribution is 6.03. The Hall–Kier alpha value is -3.86. The summed E-state index contributed by atoms with van der Waals surface area (Å²) in [7, 11) is 0. The number of H-pyrrole nitrogens is 1. The second kappa shape index (κ2) is 8.17. The number of amides is 2. The summed E-state index contributed by atoms with van der Waals surface area (Å²) in [5, 5.41) is 1.08. The van der Waals surface area contributed by atoms with Gasteiger partial charge in [0.25, 0.3) is 5.91 Å². The first-order valence-corrected chi connectivity index (χ1v) is 12.0. The van der Waals surface area contributed by atoms with E-state index >= 15 is 0 Å². The van der Waals surface area contributed by atoms with Crippen LogP contribution in [0, 0.1) is 6.92 Å². The summed E-state index contributed by atoms with van der Waals surface area (Å²) >= 11 is 0. The minimum atomic E-state index is -0.331. The van der Waals surface area contributed by atoms with E-state index in [0.717, 1.165) is 59.2 Å². The third kappa shape index (κ3) is 3.31. The first-order chi connectivity index (χ1) is 16.6. The standard InChI is InChI=1S/C29H27N3O2/c1-19-12-14-20(15-13-19)27-26(23-10-4-5-11-24(23)30-27)28-21-8-2-3-9-22(21)29(34)32(28)18-25(33)31-16-6-7-17-31/h2-5,8-15,28,30H,6-7,16-18H2,1H3/t28-/m0/s1. The highest BCUT2D eigenvalue weighted by Crippen LogP contribution is 2.45. The minimum Gasteiger partial charge on any atom is -0.354 e. The molecular weight excluding hydrogens is 422 g/mol. The van der Waals surface area contributed by atoms with Crippen LogP contribution in [0.25, 0.3) is 22.2 Å². The van der Waals surface area contributed by atoms with Crippen molar-refractivity contribution in [1.82, 2.24) is 14.8 Å². The van der Waals surface area contributed by atoms with Gasteiger partial charge in [-0.1, -0.05) is 66.2 Å². The van der Waals surface area contributed by atoms with Crippen LogP contribution in [0.4, 0.5) is 0 Å². The van der Waals surface area contributed by atoms with E-state index in [9.17, 15) is 9.59 Å². The highest BCUT2D eigenvalue weighted by atomic mass is 16.2. The van der Waals surface area contributed by atoms with Crippen LogP contribution < -0.4 is 0 Å². The van der Waals surface area contributed by atoms with Crippen LogP contribution in [-0.4, -0.2) is 46.2 Å². The molecule has 3 aromatic carbocycles. The molecule has 2 amide bonds. The van der Waals surface area contributed by atoms with Crippen molar-refractivity contribution in [2.45, 2.75) is 25.8 Å². The van der Waals surface area contributed by atoms with E-state index in [-0.39, 0.29) is 24.4 Å². The second-order valence-corrected chi connectivity index (χ2v) is 9.34. The van der Waals surface area contributed by atoms with E-state index in [0.29, 0.717) is 5.56 Å². The number of aromatic amines is 1. The Morgan fingerprint density at radius 1 is 0.941 bits per heavy atom. The number of likely N-dealkylation sites (tertiary alicyclic amines) is 1. The number of hydrogen-bond acceptors (Lipinski definition) is 2. The molecule has 1 aromatic heterocycles. The lowest BCUT2D eigenvalue weighted by atomic mass is 9.93. The third-order valence-electron chi connectivity index (χ3n) is 7.18. The second-order valence-electron chi connectivity index (χ2n) is 9.34. The molecule has 0 radical (unpaired) electrons. The molecule has 1 N–H and O–H groups in total. The normalized spacial score (nSPS) is 17.6. The van der Waals surface area contributed by atoms with Crippen molar-refractivity contribution in [3.05, 3.63) is 95.1 Å². The lowest BCUT2D eigenvalue weighted by Crippen LogP contribution is -2.41. The summed E-state index contributed by atoms with van der Waals surface area (Å²) in [6, 6.07) is 24.1. The van der Waals surface area contributed by atoms with Crippen LogP contribution in [0.5, 0.6) is 0 Å². The third-order valence-corrected chi connectivity index (χ3v) is 7.18. The molecule has 1 atom stereocenters. The molecule has 0 saturated carbocycles. The van der Waals surface area contributed by atoms with Gasteiger partial charge >= 0.3 is 0 Å². The van der Waals surface area contributed by atoms with Crippen LogP contribution in [0.2, 0.25) is 0 Å². The van der Waals surface area contributed by atoms with Gasteiger partial charge < -0.3 is 14.8 Å². The number of fused-ring (bicyclic) bond motifs is 2. The Morgan fingerprint density at radius 2 is 1.65 bits per heavy atom. The molecule has 170 valence electrons. The summed E-state index contributed by atoms with van der Waals surface area (Å²) < 4.78 is 0. The molecule has 0 bridgehead atoms. The number of nitrogens with one attached hydrogen (secondary N) is 1. The molecule has 5 nitrogen and oxygen atoms in total. The zero-order chi connectivity index (χ0) is 23.2. The summed E-state index contributed by atoms with van der Waals surface area (Å²) in [4.78, 5) is 34.1. The average molecular weight is 450 g/mol. The van der Waals surface area contributed by atoms with Crippen LogP contribution in [0.15, 0.2) is 72.8 Å². The van der Waals surface area contributed by atoms with E-state index in [1.165, 1.54) is 5.56 Å². The molecule has 2 aliphatic rings. The fourth-order valence-corrected chi connectivity index (χ4v) is 5.45. The summed E-state index contributed by atoms with van der Waals surface area (Å²) in [5.74, 6) is -0.0475. The number of benzene rings is 3. The van der Waals surface area contributed by atoms with Gasteiger partial charge in [-0.15, -0.1) is 0 Å². The monoisotopic (exact) mass is 449 g/mol. The number of para-hydroxylation sites is 1. The van der Waals surface area contributed by atoms with Gasteiger partial charge in [0.1, 0.15) is 6.54 Å². The summed E-state index contributed by atoms with van der Waals surface area (Å²) in [6.07, 6.45) is 2.06. The van der Waals surface area contributed by atoms with Crippen molar-refractivity contribution in [2.24, 2.45) is 0 Å². The molecule has 0 unspecified atom stereocenters. The van der Waals surface area contributed by atoms with Gasteiger partial charge in [0.2, 0.25) is 5.91 Å². The molecule has 34 heavy (non-hydrogen) atoms. The fourth-order valence-electron chi connectivity index (χ4n) is 5.45. The number of rotatable bonds is 4. The number of aromatic nitrogens is 1. The molecular formula is C29H27N3O2. The van der Waals surface area contributed by atoms with Crippen molar-refractivity contribution in [1.29, 1.82) is 0 Å². The molecule has 0 spiro atoms. The Bertz CT molecular complexity index is 1400. The first-order valence-electron chi connectivity index (χ1n) is 12.0. The van der Waals surface area contributed by atoms with Gasteiger partial charge in [-0.3, -0.25) is 9.59 Å². The van der Waals surface area contributed by atoms with Crippen LogP contribution in [0.1, 0.15) is 45.9 Å². The van der Waals surface area contributed by atoms with Gasteiger partial charge in [-0.25, -0.2) is 0 Å². The van der Waals surface area contributed by atoms with Crippen molar-refractivity contribution in [3.8, 4) is 11.3 Å². The molecule has 4 aromatic rings. The fraction of sp³-hybridized carbons (Fsp3) is 0.241. The van der Waals surface area contributed by atoms with Gasteiger partial charge in [0.05, 0.1) is 11.7 Å². The Morgan fingerprint density at radius 3 is 2.44 bits per heavy atom. The summed E-state index contributed by atoms with van der Waals surface area (Å²) in [6.45, 7) is 3.72. The number of carbonyl (C=O) groups is 2. The van der Waals surface area contributed by atoms with Crippen molar-refractivity contribution >= 4 is 22.7 Å². The van der Waals surface area contributed by atoms with Gasteiger partial charge in [-0.05, 0) is 43.0 Å². The molecule has 0 aliphatic carbocycles. The van der Waals surface area contributed by atoms with Crippen LogP contribution in [-0.2, 0) is 4.79 Å². The topological polar surface area (TPSA) is 56.4 Å². The van der Waals surface area contributed by atoms with Gasteiger partial charge in [0.15, 0.2) is 0 Å². The van der Waals surface area contributed by atoms with Crippen molar-refractivity contribution < 1.29 is 9.59 Å². The largest absolute Gasteiger partial charge is 0.354 e. The number of hydrogen-bond donors (Lipinski definition) is 1. The van der Waals surface area contributed by atoms with Crippen molar-refractivity contribution in [2.75, 3.05) is 19.6 Å². The molecule has 3 heterocycles. The number of carbonyl (C=O) groups excluding carboxylic acids is 2. The lowest BCUT2D eigenvalue weighted by molar-refractivity contribution is -0.131. The highest BCUT2D eigenvalue weighted by Gasteiger charge is 2.41. The van der Waals surface area contributed by atoms with Crippen molar-refractivity contribution in [3.63, 3.8) is 0 Å². The Labute approximate surface area is 199 Å². The molecule has 6 rings (SSSR count). The Balaban J connectivity index is 1.54. The zero-order valence-corrected chi connectivity index (χ0v) is 19.3. The molecule has 5 heteroatoms. The van der Waals surface area contributed by atoms with Crippen LogP contribution in [0.3, 0.4) is 0 Å². The lowest BCUT2D eigenvalue weighted by Gasteiger charge is -2.28. The molecule has 1 saturated heterocycles. The predicted octanol–water partition coefficient (Wildman–Crippen LogP) is 5.31. The maximum Gasteiger partial charge on any atom is 0.255 e. The number of nitrogens with zero attached hydrogens (tertiary/aromatic N) is 2. The quantitative estimate of drug-likeness (QED) is 0.459. The van der Waals surface area contributed by atoms with Gasteiger partial charge in [-0.2, -0.15) is 0 Å². The molecule has 1 fully saturated rings. The Kier molecular flexibility index (Phi) is 4.98. The maximum absolute atomic E-state index is 13.6. The SMILES string of the molecule is Cc1ccc(-c2[nH]c3ccccc3c2[C@@H]2c3ccccc3C(=O)N2CC(=O)N2CCCC2)cc1. The molecule has 2 aliphatic heterocycles. The smallest absolute Gasteiger partial charge is 0.255 e. The van der Waals surface area contributed by atoms with E-state index in [1.54, 1.807) is 4.90 Å². The minimum absolute atomic E-state index is 0.0281.